The van der Waals surface area contributed by atoms with Crippen LogP contribution in [0.4, 0.5) is 0 Å². The third kappa shape index (κ3) is 2.82. The van der Waals surface area contributed by atoms with E-state index in [0.717, 1.165) is 49.1 Å². The first-order valence-electron chi connectivity index (χ1n) is 9.28. The molecule has 5 rings (SSSR count). The highest BCUT2D eigenvalue weighted by Crippen LogP contribution is 2.34. The van der Waals surface area contributed by atoms with Crippen molar-refractivity contribution in [2.45, 2.75) is 37.8 Å². The molecule has 1 fully saturated rings. The molecule has 0 bridgehead atoms. The lowest BCUT2D eigenvalue weighted by Gasteiger charge is -2.30. The topological polar surface area (TPSA) is 108 Å². The molecule has 0 saturated heterocycles. The second-order valence-electron chi connectivity index (χ2n) is 6.88. The van der Waals surface area contributed by atoms with E-state index in [4.69, 9.17) is 4.98 Å². The van der Waals surface area contributed by atoms with Crippen molar-refractivity contribution in [1.82, 2.24) is 44.6 Å². The summed E-state index contributed by atoms with van der Waals surface area (Å²) < 4.78 is 3.97. The van der Waals surface area contributed by atoms with Gasteiger partial charge in [0.2, 0.25) is 12.4 Å². The molecule has 2 unspecified atom stereocenters. The van der Waals surface area contributed by atoms with E-state index in [0.29, 0.717) is 5.82 Å². The molecule has 10 heteroatoms. The highest BCUT2D eigenvalue weighted by molar-refractivity contribution is 5.78. The number of nitrogens with one attached hydrogen (secondary N) is 1. The van der Waals surface area contributed by atoms with Crippen LogP contribution in [0.1, 0.15) is 31.7 Å². The molecule has 1 saturated carbocycles. The van der Waals surface area contributed by atoms with Gasteiger partial charge in [0.1, 0.15) is 5.52 Å². The van der Waals surface area contributed by atoms with Crippen molar-refractivity contribution in [2.75, 3.05) is 0 Å². The van der Waals surface area contributed by atoms with Crippen LogP contribution in [0.5, 0.6) is 0 Å². The number of fused-ring (bicyclic) bond motifs is 1. The van der Waals surface area contributed by atoms with Crippen molar-refractivity contribution in [3.05, 3.63) is 43.1 Å². The van der Waals surface area contributed by atoms with Gasteiger partial charge in [-0.25, -0.2) is 14.6 Å². The zero-order valence-corrected chi connectivity index (χ0v) is 15.1. The maximum absolute atomic E-state index is 10.9. The zero-order chi connectivity index (χ0) is 18.9. The molecular weight excluding hydrogens is 358 g/mol. The van der Waals surface area contributed by atoms with Crippen LogP contribution in [-0.4, -0.2) is 51.8 Å². The molecule has 0 radical (unpaired) electrons. The Morgan fingerprint density at radius 2 is 2.04 bits per heavy atom. The first kappa shape index (κ1) is 16.6. The van der Waals surface area contributed by atoms with Gasteiger partial charge >= 0.3 is 0 Å². The Labute approximate surface area is 160 Å². The lowest BCUT2D eigenvalue weighted by Crippen LogP contribution is -2.34. The van der Waals surface area contributed by atoms with Crippen LogP contribution in [0.25, 0.3) is 22.8 Å². The summed E-state index contributed by atoms with van der Waals surface area (Å²) in [6, 6.07) is 4.18. The fraction of sp³-hybridized carbons (Fsp3) is 0.333. The summed E-state index contributed by atoms with van der Waals surface area (Å²) >= 11 is 0. The molecule has 1 aliphatic carbocycles. The Bertz CT molecular complexity index is 1080. The molecule has 1 aliphatic rings. The van der Waals surface area contributed by atoms with Gasteiger partial charge in [-0.15, -0.1) is 4.80 Å². The minimum Gasteiger partial charge on any atom is -0.356 e. The van der Waals surface area contributed by atoms with Crippen molar-refractivity contribution in [2.24, 2.45) is 0 Å². The lowest BCUT2D eigenvalue weighted by molar-refractivity contribution is -0.110. The molecule has 4 heterocycles. The molecule has 4 aromatic heterocycles. The largest absolute Gasteiger partial charge is 0.356 e. The molecule has 4 aromatic rings. The van der Waals surface area contributed by atoms with Gasteiger partial charge < -0.3 is 9.88 Å². The fourth-order valence-electron chi connectivity index (χ4n) is 3.97. The van der Waals surface area contributed by atoms with Gasteiger partial charge in [-0.2, -0.15) is 15.3 Å². The van der Waals surface area contributed by atoms with Crippen LogP contribution in [0.2, 0.25) is 0 Å². The normalized spacial score (nSPS) is 19.7. The number of carbonyl (C=O) groups excluding carboxylic acids is 1. The average Bonchev–Trinajstić information content (AvgIpc) is 3.48. The fourth-order valence-corrected chi connectivity index (χ4v) is 3.97. The Kier molecular flexibility index (Phi) is 4.08. The summed E-state index contributed by atoms with van der Waals surface area (Å²) in [6.45, 7) is 0. The van der Waals surface area contributed by atoms with Crippen LogP contribution in [0.3, 0.4) is 0 Å². The number of amides is 1. The highest BCUT2D eigenvalue weighted by atomic mass is 16.1. The number of hydrogen-bond donors (Lipinski definition) is 1. The third-order valence-corrected chi connectivity index (χ3v) is 5.19. The summed E-state index contributed by atoms with van der Waals surface area (Å²) in [6.07, 6.45) is 13.3. The Balaban J connectivity index is 1.66. The van der Waals surface area contributed by atoms with Crippen molar-refractivity contribution < 1.29 is 4.79 Å². The minimum atomic E-state index is 0.160. The number of pyridine rings is 1. The second kappa shape index (κ2) is 6.87. The first-order valence-corrected chi connectivity index (χ1v) is 9.28. The molecule has 28 heavy (non-hydrogen) atoms. The van der Waals surface area contributed by atoms with Crippen LogP contribution in [0.15, 0.2) is 43.1 Å². The van der Waals surface area contributed by atoms with E-state index in [1.807, 2.05) is 18.3 Å². The molecule has 142 valence electrons. The molecule has 0 aromatic carbocycles. The molecule has 10 nitrogen and oxygen atoms in total. The van der Waals surface area contributed by atoms with Gasteiger partial charge in [0.05, 0.1) is 24.1 Å². The number of imidazole rings is 1. The van der Waals surface area contributed by atoms with E-state index in [2.05, 4.69) is 30.2 Å². The van der Waals surface area contributed by atoms with E-state index in [-0.39, 0.29) is 12.1 Å². The maximum atomic E-state index is 10.9. The maximum Gasteiger partial charge on any atom is 0.232 e. The van der Waals surface area contributed by atoms with E-state index in [1.54, 1.807) is 29.5 Å². The van der Waals surface area contributed by atoms with Crippen molar-refractivity contribution in [1.29, 1.82) is 0 Å². The minimum absolute atomic E-state index is 0.160. The molecule has 1 N–H and O–H groups in total. The highest BCUT2D eigenvalue weighted by Gasteiger charge is 2.27. The lowest BCUT2D eigenvalue weighted by atomic mass is 9.91. The number of aromatic nitrogens is 8. The summed E-state index contributed by atoms with van der Waals surface area (Å²) in [5.74, 6) is 1.37. The molecule has 0 aliphatic heterocycles. The second-order valence-corrected chi connectivity index (χ2v) is 6.88. The molecule has 2 atom stereocenters. The number of carbonyl (C=O) groups is 1. The molecule has 1 amide bonds. The van der Waals surface area contributed by atoms with Crippen LogP contribution < -0.4 is 5.32 Å². The van der Waals surface area contributed by atoms with E-state index >= 15 is 0 Å². The summed E-state index contributed by atoms with van der Waals surface area (Å²) in [5, 5.41) is 15.7. The van der Waals surface area contributed by atoms with E-state index < -0.39 is 0 Å². The summed E-state index contributed by atoms with van der Waals surface area (Å²) in [7, 11) is 0. The van der Waals surface area contributed by atoms with Crippen LogP contribution in [-0.2, 0) is 4.79 Å². The van der Waals surface area contributed by atoms with Gasteiger partial charge in [0, 0.05) is 30.5 Å². The predicted molar refractivity (Wildman–Crippen MR) is 100 cm³/mol. The Morgan fingerprint density at radius 1 is 1.14 bits per heavy atom. The quantitative estimate of drug-likeness (QED) is 0.527. The first-order chi connectivity index (χ1) is 13.8. The summed E-state index contributed by atoms with van der Waals surface area (Å²) in [4.78, 5) is 21.7. The van der Waals surface area contributed by atoms with Crippen LogP contribution >= 0.6 is 0 Å². The van der Waals surface area contributed by atoms with Gasteiger partial charge in [-0.05, 0) is 31.7 Å². The number of nitrogens with zero attached hydrogens (tertiary/aromatic N) is 8. The Hall–Kier alpha value is -3.56. The standard InChI is InChI=1S/C18H19N9O/c28-12-20-13-3-1-4-14(9-13)26-16-10-17(27-22-6-7-23-27)19-11-15(16)24-18(26)25-8-2-5-21-25/h2,5-8,10-14H,1,3-4,9H2,(H,20,28). The van der Waals surface area contributed by atoms with E-state index in [1.165, 1.54) is 4.80 Å². The number of rotatable bonds is 5. The summed E-state index contributed by atoms with van der Waals surface area (Å²) in [5.41, 5.74) is 1.73. The molecule has 0 spiro atoms. The van der Waals surface area contributed by atoms with Crippen molar-refractivity contribution in [3.63, 3.8) is 0 Å². The average molecular weight is 377 g/mol. The van der Waals surface area contributed by atoms with E-state index in [9.17, 15) is 4.79 Å². The number of hydrogen-bond acceptors (Lipinski definition) is 6. The van der Waals surface area contributed by atoms with Crippen molar-refractivity contribution in [3.8, 4) is 11.8 Å². The van der Waals surface area contributed by atoms with Gasteiger partial charge in [0.25, 0.3) is 0 Å². The van der Waals surface area contributed by atoms with Crippen LogP contribution in [0, 0.1) is 0 Å². The van der Waals surface area contributed by atoms with Crippen molar-refractivity contribution >= 4 is 17.4 Å². The third-order valence-electron chi connectivity index (χ3n) is 5.19. The Morgan fingerprint density at radius 3 is 2.82 bits per heavy atom. The molecular formula is C18H19N9O. The van der Waals surface area contributed by atoms with Gasteiger partial charge in [0.15, 0.2) is 5.82 Å². The SMILES string of the molecule is O=CNC1CCCC(n2c(-n3cccn3)nc3cnc(-n4nccn4)cc32)C1. The smallest absolute Gasteiger partial charge is 0.232 e. The van der Waals surface area contributed by atoms with Gasteiger partial charge in [-0.3, -0.25) is 4.79 Å². The zero-order valence-electron chi connectivity index (χ0n) is 15.1. The van der Waals surface area contributed by atoms with Gasteiger partial charge in [-0.1, -0.05) is 0 Å². The monoisotopic (exact) mass is 377 g/mol. The predicted octanol–water partition coefficient (Wildman–Crippen LogP) is 1.43.